The first-order chi connectivity index (χ1) is 20.2. The lowest BCUT2D eigenvalue weighted by Crippen LogP contribution is -2.25. The summed E-state index contributed by atoms with van der Waals surface area (Å²) in [5, 5.41) is 12.1. The molecule has 5 rings (SSSR count). The molecular formula is C29H21ClF3N5O3S. The van der Waals surface area contributed by atoms with Crippen molar-refractivity contribution in [3.8, 4) is 33.8 Å². The number of alkyl halides is 3. The standard InChI is InChI=1S/C29H21ClF3N5O3S/c1-40-18-38-28(3-2-13-36-38)37-42(39)23-9-11-27(25(30)16-23)41-26-10-6-20(15-24(26)21-12-14-34-35-17-21)19-4-7-22(8-5-19)29(31,32)33/h2-17H,18H2,1H3/b37-28+. The van der Waals surface area contributed by atoms with Crippen molar-refractivity contribution in [2.24, 2.45) is 4.40 Å². The smallest absolute Gasteiger partial charge is 0.416 e. The summed E-state index contributed by atoms with van der Waals surface area (Å²) in [6.07, 6.45) is 0.200. The Morgan fingerprint density at radius 3 is 2.36 bits per heavy atom. The van der Waals surface area contributed by atoms with Gasteiger partial charge in [0, 0.05) is 30.5 Å². The predicted molar refractivity (Wildman–Crippen MR) is 151 cm³/mol. The monoisotopic (exact) mass is 611 g/mol. The molecule has 0 bridgehead atoms. The van der Waals surface area contributed by atoms with Gasteiger partial charge in [-0.2, -0.15) is 28.5 Å². The van der Waals surface area contributed by atoms with Crippen LogP contribution in [0.4, 0.5) is 13.2 Å². The Hall–Kier alpha value is -4.23. The van der Waals surface area contributed by atoms with Crippen LogP contribution < -0.4 is 10.2 Å². The molecule has 0 aliphatic heterocycles. The second-order valence-electron chi connectivity index (χ2n) is 8.75. The molecule has 0 aliphatic rings. The summed E-state index contributed by atoms with van der Waals surface area (Å²) >= 11 is 4.74. The highest BCUT2D eigenvalue weighted by Crippen LogP contribution is 2.39. The van der Waals surface area contributed by atoms with Gasteiger partial charge in [-0.3, -0.25) is 0 Å². The minimum atomic E-state index is -4.43. The average molecular weight is 612 g/mol. The topological polar surface area (TPSA) is 97.5 Å². The Balaban J connectivity index is 1.45. The van der Waals surface area contributed by atoms with Gasteiger partial charge >= 0.3 is 6.18 Å². The van der Waals surface area contributed by atoms with Crippen LogP contribution in [0.3, 0.4) is 0 Å². The molecule has 0 saturated carbocycles. The van der Waals surface area contributed by atoms with E-state index in [1.807, 2.05) is 0 Å². The third-order valence-corrected chi connectivity index (χ3v) is 7.28. The predicted octanol–water partition coefficient (Wildman–Crippen LogP) is 6.70. The van der Waals surface area contributed by atoms with Gasteiger partial charge in [-0.1, -0.05) is 29.8 Å². The van der Waals surface area contributed by atoms with Crippen LogP contribution in [0.15, 0.2) is 107 Å². The maximum atomic E-state index is 13.0. The van der Waals surface area contributed by atoms with Crippen molar-refractivity contribution in [2.75, 3.05) is 7.11 Å². The summed E-state index contributed by atoms with van der Waals surface area (Å²) in [5.41, 5.74) is 2.17. The van der Waals surface area contributed by atoms with Gasteiger partial charge < -0.3 is 14.0 Å². The van der Waals surface area contributed by atoms with Crippen molar-refractivity contribution >= 4 is 23.0 Å². The molecule has 214 valence electrons. The number of aromatic nitrogens is 4. The zero-order valence-corrected chi connectivity index (χ0v) is 23.4. The molecule has 0 N–H and O–H groups in total. The van der Waals surface area contributed by atoms with E-state index in [1.165, 1.54) is 36.2 Å². The van der Waals surface area contributed by atoms with E-state index < -0.39 is 23.1 Å². The molecule has 8 nitrogen and oxygen atoms in total. The molecule has 0 spiro atoms. The first-order valence-electron chi connectivity index (χ1n) is 12.3. The summed E-state index contributed by atoms with van der Waals surface area (Å²) in [4.78, 5) is 0.344. The Kier molecular flexibility index (Phi) is 8.88. The Bertz CT molecular complexity index is 1750. The fraction of sp³-hybridized carbons (Fsp3) is 0.103. The molecule has 3 aromatic carbocycles. The lowest BCUT2D eigenvalue weighted by Gasteiger charge is -2.15. The summed E-state index contributed by atoms with van der Waals surface area (Å²) < 4.78 is 69.0. The van der Waals surface area contributed by atoms with Gasteiger partial charge in [0.25, 0.3) is 0 Å². The van der Waals surface area contributed by atoms with Crippen LogP contribution in [0.5, 0.6) is 11.5 Å². The third kappa shape index (κ3) is 6.80. The Labute approximate surface area is 246 Å². The van der Waals surface area contributed by atoms with E-state index in [2.05, 4.69) is 19.7 Å². The molecule has 0 fully saturated rings. The summed E-state index contributed by atoms with van der Waals surface area (Å²) in [7, 11) is 1.51. The summed E-state index contributed by atoms with van der Waals surface area (Å²) in [5.74, 6) is 0.703. The number of methoxy groups -OCH3 is 1. The van der Waals surface area contributed by atoms with Crippen molar-refractivity contribution in [1.29, 1.82) is 0 Å². The summed E-state index contributed by atoms with van der Waals surface area (Å²) in [6.45, 7) is 0.136. The highest BCUT2D eigenvalue weighted by Gasteiger charge is 2.30. The van der Waals surface area contributed by atoms with Crippen LogP contribution in [0, 0.1) is 0 Å². The Morgan fingerprint density at radius 1 is 0.905 bits per heavy atom. The second kappa shape index (κ2) is 12.7. The molecule has 13 heteroatoms. The number of hydrogen-bond acceptors (Lipinski definition) is 7. The average Bonchev–Trinajstić information content (AvgIpc) is 2.99. The number of rotatable bonds is 8. The van der Waals surface area contributed by atoms with Crippen LogP contribution in [0.25, 0.3) is 22.3 Å². The van der Waals surface area contributed by atoms with Gasteiger partial charge in [0.1, 0.15) is 29.6 Å². The minimum absolute atomic E-state index is 0.136. The van der Waals surface area contributed by atoms with E-state index >= 15 is 0 Å². The molecule has 42 heavy (non-hydrogen) atoms. The normalized spacial score (nSPS) is 12.8. The van der Waals surface area contributed by atoms with Crippen LogP contribution in [0.2, 0.25) is 5.02 Å². The molecule has 2 aromatic heterocycles. The highest BCUT2D eigenvalue weighted by molar-refractivity contribution is 7.90. The molecule has 2 heterocycles. The number of hydrogen-bond donors (Lipinski definition) is 0. The fourth-order valence-electron chi connectivity index (χ4n) is 3.95. The first kappa shape index (κ1) is 29.3. The molecule has 5 aromatic rings. The molecule has 0 amide bonds. The van der Waals surface area contributed by atoms with E-state index in [0.717, 1.165) is 12.1 Å². The van der Waals surface area contributed by atoms with Crippen LogP contribution in [-0.2, 0) is 29.0 Å². The van der Waals surface area contributed by atoms with Gasteiger partial charge in [-0.25, -0.2) is 4.68 Å². The second-order valence-corrected chi connectivity index (χ2v) is 10.3. The van der Waals surface area contributed by atoms with Crippen molar-refractivity contribution in [3.63, 3.8) is 0 Å². The van der Waals surface area contributed by atoms with Crippen molar-refractivity contribution in [2.45, 2.75) is 17.8 Å². The van der Waals surface area contributed by atoms with Crippen molar-refractivity contribution < 1.29 is 27.2 Å². The number of halogens is 4. The number of ether oxygens (including phenoxy) is 2. The first-order valence-corrected chi connectivity index (χ1v) is 13.8. The van der Waals surface area contributed by atoms with E-state index in [0.29, 0.717) is 44.1 Å². The van der Waals surface area contributed by atoms with Crippen molar-refractivity contribution in [1.82, 2.24) is 20.0 Å². The SMILES string of the molecule is COCn1nccc/c1=N\[S+]([O-])c1ccc(Oc2ccc(-c3ccc(C(F)(F)F)cc3)cc2-c2ccnnc2)c(Cl)c1. The van der Waals surface area contributed by atoms with Gasteiger partial charge in [-0.15, -0.1) is 0 Å². The largest absolute Gasteiger partial charge is 0.586 e. The van der Waals surface area contributed by atoms with E-state index in [1.54, 1.807) is 60.9 Å². The number of nitrogens with zero attached hydrogens (tertiary/aromatic N) is 5. The molecule has 1 atom stereocenters. The lowest BCUT2D eigenvalue weighted by atomic mass is 9.98. The molecule has 0 saturated heterocycles. The number of benzene rings is 3. The molecule has 1 unspecified atom stereocenters. The van der Waals surface area contributed by atoms with E-state index in [-0.39, 0.29) is 11.8 Å². The van der Waals surface area contributed by atoms with Gasteiger partial charge in [-0.05, 0) is 70.1 Å². The Morgan fingerprint density at radius 2 is 1.67 bits per heavy atom. The van der Waals surface area contributed by atoms with Gasteiger partial charge in [0.05, 0.1) is 23.0 Å². The maximum absolute atomic E-state index is 13.0. The molecule has 0 aliphatic carbocycles. The molecular weight excluding hydrogens is 591 g/mol. The quantitative estimate of drug-likeness (QED) is 0.181. The van der Waals surface area contributed by atoms with Crippen LogP contribution >= 0.6 is 11.6 Å². The fourth-order valence-corrected chi connectivity index (χ4v) is 5.06. The van der Waals surface area contributed by atoms with Crippen molar-refractivity contribution in [3.05, 3.63) is 114 Å². The zero-order valence-electron chi connectivity index (χ0n) is 21.8. The minimum Gasteiger partial charge on any atom is -0.586 e. The molecule has 0 radical (unpaired) electrons. The van der Waals surface area contributed by atoms with Gasteiger partial charge in [0.2, 0.25) is 5.49 Å². The van der Waals surface area contributed by atoms with E-state index in [4.69, 9.17) is 21.1 Å². The van der Waals surface area contributed by atoms with Gasteiger partial charge in [0.15, 0.2) is 4.90 Å². The van der Waals surface area contributed by atoms with Crippen LogP contribution in [-0.4, -0.2) is 31.6 Å². The lowest BCUT2D eigenvalue weighted by molar-refractivity contribution is -0.137. The third-order valence-electron chi connectivity index (χ3n) is 5.97. The van der Waals surface area contributed by atoms with Crippen LogP contribution in [0.1, 0.15) is 5.56 Å². The summed E-state index contributed by atoms with van der Waals surface area (Å²) in [6, 6.07) is 19.8. The maximum Gasteiger partial charge on any atom is 0.416 e. The highest BCUT2D eigenvalue weighted by atomic mass is 35.5. The van der Waals surface area contributed by atoms with E-state index in [9.17, 15) is 17.7 Å². The zero-order chi connectivity index (χ0) is 29.7.